The summed E-state index contributed by atoms with van der Waals surface area (Å²) < 4.78 is 4.90. The Morgan fingerprint density at radius 3 is 2.46 bits per heavy atom. The Hall–Kier alpha value is -3.14. The predicted octanol–water partition coefficient (Wildman–Crippen LogP) is 5.29. The number of nitrogens with one attached hydrogen (secondary N) is 1. The fraction of sp³-hybridized carbons (Fsp3) is 0.182. The fourth-order valence-corrected chi connectivity index (χ4v) is 3.29. The van der Waals surface area contributed by atoms with Gasteiger partial charge in [0.15, 0.2) is 0 Å². The number of ether oxygens (including phenoxy) is 1. The van der Waals surface area contributed by atoms with Gasteiger partial charge >= 0.3 is 5.97 Å². The van der Waals surface area contributed by atoms with Crippen molar-refractivity contribution >= 4 is 27.8 Å². The van der Waals surface area contributed by atoms with Gasteiger partial charge in [-0.25, -0.2) is 9.78 Å². The zero-order valence-corrected chi connectivity index (χ0v) is 15.0. The summed E-state index contributed by atoms with van der Waals surface area (Å²) in [5, 5.41) is 2.04. The summed E-state index contributed by atoms with van der Waals surface area (Å²) in [4.78, 5) is 20.2. The van der Waals surface area contributed by atoms with Gasteiger partial charge in [0, 0.05) is 21.9 Å². The minimum atomic E-state index is -0.433. The molecule has 26 heavy (non-hydrogen) atoms. The molecule has 0 saturated carbocycles. The van der Waals surface area contributed by atoms with Crippen LogP contribution in [0.2, 0.25) is 0 Å². The monoisotopic (exact) mass is 344 g/mol. The Morgan fingerprint density at radius 1 is 1.04 bits per heavy atom. The Bertz CT molecular complexity index is 1110. The average Bonchev–Trinajstić information content (AvgIpc) is 3.05. The lowest BCUT2D eigenvalue weighted by molar-refractivity contribution is 0.0594. The van der Waals surface area contributed by atoms with E-state index in [4.69, 9.17) is 4.74 Å². The van der Waals surface area contributed by atoms with E-state index in [-0.39, 0.29) is 0 Å². The first-order valence-corrected chi connectivity index (χ1v) is 8.68. The van der Waals surface area contributed by atoms with Gasteiger partial charge in [-0.1, -0.05) is 56.3 Å². The molecule has 0 aliphatic rings. The molecule has 4 nitrogen and oxygen atoms in total. The topological polar surface area (TPSA) is 55.0 Å². The number of aromatic nitrogens is 2. The number of hydrogen-bond acceptors (Lipinski definition) is 3. The Labute approximate surface area is 151 Å². The van der Waals surface area contributed by atoms with Gasteiger partial charge in [-0.05, 0) is 23.6 Å². The van der Waals surface area contributed by atoms with Crippen LogP contribution in [0.15, 0.2) is 54.6 Å². The molecule has 0 fully saturated rings. The zero-order chi connectivity index (χ0) is 18.3. The first-order valence-electron chi connectivity index (χ1n) is 8.68. The van der Waals surface area contributed by atoms with Crippen molar-refractivity contribution in [3.05, 3.63) is 65.9 Å². The standard InChI is InChI=1S/C22H20N2O2/c1-13(2)14-8-10-15(11-9-14)20-21-17(12-19(24-20)22(25)26-3)16-6-4-5-7-18(16)23-21/h4-13,23H,1-3H3. The van der Waals surface area contributed by atoms with Crippen LogP contribution in [-0.2, 0) is 4.74 Å². The minimum Gasteiger partial charge on any atom is -0.464 e. The molecule has 4 rings (SSSR count). The van der Waals surface area contributed by atoms with Crippen LogP contribution >= 0.6 is 0 Å². The maximum Gasteiger partial charge on any atom is 0.356 e. The van der Waals surface area contributed by atoms with Crippen LogP contribution in [-0.4, -0.2) is 23.0 Å². The lowest BCUT2D eigenvalue weighted by Gasteiger charge is -2.09. The highest BCUT2D eigenvalue weighted by Crippen LogP contribution is 2.33. The highest BCUT2D eigenvalue weighted by atomic mass is 16.5. The largest absolute Gasteiger partial charge is 0.464 e. The van der Waals surface area contributed by atoms with Crippen molar-refractivity contribution < 1.29 is 9.53 Å². The maximum atomic E-state index is 12.1. The fourth-order valence-electron chi connectivity index (χ4n) is 3.29. The van der Waals surface area contributed by atoms with Crippen molar-refractivity contribution in [2.45, 2.75) is 19.8 Å². The Morgan fingerprint density at radius 2 is 1.77 bits per heavy atom. The molecule has 1 N–H and O–H groups in total. The van der Waals surface area contributed by atoms with Crippen LogP contribution in [0.3, 0.4) is 0 Å². The molecule has 2 aromatic carbocycles. The quantitative estimate of drug-likeness (QED) is 0.514. The number of nitrogens with zero attached hydrogens (tertiary/aromatic N) is 1. The van der Waals surface area contributed by atoms with E-state index in [1.54, 1.807) is 6.07 Å². The molecule has 2 heterocycles. The molecule has 0 saturated heterocycles. The van der Waals surface area contributed by atoms with Crippen LogP contribution in [0.1, 0.15) is 35.8 Å². The number of pyridine rings is 1. The summed E-state index contributed by atoms with van der Waals surface area (Å²) >= 11 is 0. The number of H-pyrrole nitrogens is 1. The Kier molecular flexibility index (Phi) is 3.96. The predicted molar refractivity (Wildman–Crippen MR) is 104 cm³/mol. The van der Waals surface area contributed by atoms with E-state index in [1.165, 1.54) is 12.7 Å². The second kappa shape index (κ2) is 6.30. The number of aromatic amines is 1. The number of esters is 1. The van der Waals surface area contributed by atoms with Crippen LogP contribution in [0.25, 0.3) is 33.1 Å². The number of carbonyl (C=O) groups is 1. The molecule has 130 valence electrons. The van der Waals surface area contributed by atoms with Crippen molar-refractivity contribution in [3.63, 3.8) is 0 Å². The first kappa shape index (κ1) is 16.3. The van der Waals surface area contributed by atoms with Crippen molar-refractivity contribution in [1.29, 1.82) is 0 Å². The Balaban J connectivity index is 2.01. The number of benzene rings is 2. The molecule has 4 heteroatoms. The van der Waals surface area contributed by atoms with E-state index in [1.807, 2.05) is 24.3 Å². The number of para-hydroxylation sites is 1. The third-order valence-corrected chi connectivity index (χ3v) is 4.74. The summed E-state index contributed by atoms with van der Waals surface area (Å²) in [5.41, 5.74) is 5.26. The molecule has 0 unspecified atom stereocenters. The zero-order valence-electron chi connectivity index (χ0n) is 15.0. The minimum absolute atomic E-state index is 0.313. The molecule has 0 spiro atoms. The van der Waals surface area contributed by atoms with Gasteiger partial charge in [0.1, 0.15) is 5.69 Å². The SMILES string of the molecule is COC(=O)c1cc2c([nH]c3ccccc32)c(-c2ccc(C(C)C)cc2)n1. The molecule has 0 radical (unpaired) electrons. The highest BCUT2D eigenvalue weighted by molar-refractivity contribution is 6.12. The van der Waals surface area contributed by atoms with Crippen LogP contribution in [0.4, 0.5) is 0 Å². The second-order valence-corrected chi connectivity index (χ2v) is 6.72. The van der Waals surface area contributed by atoms with E-state index in [2.05, 4.69) is 48.1 Å². The van der Waals surface area contributed by atoms with E-state index in [0.29, 0.717) is 11.6 Å². The summed E-state index contributed by atoms with van der Waals surface area (Å²) in [5.74, 6) is 0.0312. The third kappa shape index (κ3) is 2.64. The first-order chi connectivity index (χ1) is 12.6. The van der Waals surface area contributed by atoms with Gasteiger partial charge in [-0.3, -0.25) is 0 Å². The number of carbonyl (C=O) groups excluding carboxylic acids is 1. The van der Waals surface area contributed by atoms with E-state index in [9.17, 15) is 4.79 Å². The van der Waals surface area contributed by atoms with Gasteiger partial charge in [0.2, 0.25) is 0 Å². The highest BCUT2D eigenvalue weighted by Gasteiger charge is 2.17. The molecular weight excluding hydrogens is 324 g/mol. The summed E-state index contributed by atoms with van der Waals surface area (Å²) in [6.07, 6.45) is 0. The smallest absolute Gasteiger partial charge is 0.356 e. The summed E-state index contributed by atoms with van der Waals surface area (Å²) in [7, 11) is 1.38. The average molecular weight is 344 g/mol. The molecule has 0 bridgehead atoms. The van der Waals surface area contributed by atoms with Crippen LogP contribution < -0.4 is 0 Å². The van der Waals surface area contributed by atoms with E-state index in [0.717, 1.165) is 33.1 Å². The third-order valence-electron chi connectivity index (χ3n) is 4.74. The molecule has 0 amide bonds. The molecule has 4 aromatic rings. The van der Waals surface area contributed by atoms with Crippen LogP contribution in [0, 0.1) is 0 Å². The normalized spacial score (nSPS) is 11.4. The number of rotatable bonds is 3. The van der Waals surface area contributed by atoms with Crippen molar-refractivity contribution in [1.82, 2.24) is 9.97 Å². The van der Waals surface area contributed by atoms with Crippen molar-refractivity contribution in [2.24, 2.45) is 0 Å². The van der Waals surface area contributed by atoms with Gasteiger partial charge in [-0.2, -0.15) is 0 Å². The number of hydrogen-bond donors (Lipinski definition) is 1. The van der Waals surface area contributed by atoms with Gasteiger partial charge in [0.25, 0.3) is 0 Å². The summed E-state index contributed by atoms with van der Waals surface area (Å²) in [6, 6.07) is 18.2. The van der Waals surface area contributed by atoms with Crippen LogP contribution in [0.5, 0.6) is 0 Å². The summed E-state index contributed by atoms with van der Waals surface area (Å²) in [6.45, 7) is 4.34. The van der Waals surface area contributed by atoms with E-state index >= 15 is 0 Å². The van der Waals surface area contributed by atoms with E-state index < -0.39 is 5.97 Å². The van der Waals surface area contributed by atoms with Gasteiger partial charge in [0.05, 0.1) is 18.3 Å². The van der Waals surface area contributed by atoms with Gasteiger partial charge in [-0.15, -0.1) is 0 Å². The van der Waals surface area contributed by atoms with Crippen molar-refractivity contribution in [2.75, 3.05) is 7.11 Å². The second-order valence-electron chi connectivity index (χ2n) is 6.72. The molecule has 0 atom stereocenters. The molecule has 2 aromatic heterocycles. The number of methoxy groups -OCH3 is 1. The van der Waals surface area contributed by atoms with Gasteiger partial charge < -0.3 is 9.72 Å². The number of fused-ring (bicyclic) bond motifs is 3. The van der Waals surface area contributed by atoms with Crippen molar-refractivity contribution in [3.8, 4) is 11.3 Å². The lowest BCUT2D eigenvalue weighted by atomic mass is 10.00. The lowest BCUT2D eigenvalue weighted by Crippen LogP contribution is -2.05. The maximum absolute atomic E-state index is 12.1. The molecule has 0 aliphatic carbocycles. The molecule has 0 aliphatic heterocycles. The molecular formula is C22H20N2O2.